The van der Waals surface area contributed by atoms with Crippen LogP contribution < -0.4 is 94.8 Å². The molecular weight excluding hydrogens is 1920 g/mol. The van der Waals surface area contributed by atoms with E-state index >= 15 is 8.78 Å². The number of aryl methyl sites for hydroxylation is 2. The van der Waals surface area contributed by atoms with Crippen LogP contribution in [0.4, 0.5) is 18.4 Å². The van der Waals surface area contributed by atoms with Gasteiger partial charge in [-0.3, -0.25) is 9.97 Å². The Morgan fingerprint density at radius 1 is 0.587 bits per heavy atom. The summed E-state index contributed by atoms with van der Waals surface area (Å²) in [6.07, 6.45) is 28.3. The summed E-state index contributed by atoms with van der Waals surface area (Å²) in [5, 5.41) is 6.53. The minimum Gasteiger partial charge on any atom is -1.00 e. The minimum absolute atomic E-state index is 0. The molecule has 22 heteroatoms. The Morgan fingerprint density at radius 2 is 0.881 bits per heavy atom. The van der Waals surface area contributed by atoms with Gasteiger partial charge in [0.15, 0.2) is 11.3 Å². The Balaban J connectivity index is 0. The second-order valence-electron chi connectivity index (χ2n) is 29.9. The van der Waals surface area contributed by atoms with E-state index in [1.165, 1.54) is 94.3 Å². The molecule has 0 unspecified atom stereocenters. The maximum Gasteiger partial charge on any atom is 2.00 e. The number of likely N-dealkylation sites (tertiary alicyclic amines) is 2. The monoisotopic (exact) mass is 2050 g/mol. The van der Waals surface area contributed by atoms with Gasteiger partial charge in [0.2, 0.25) is 0 Å². The fraction of sp³-hybridized carbons (Fsp3) is 0.517. The molecule has 2 aliphatic heterocycles. The zero-order valence-electron chi connectivity index (χ0n) is 68.0. The van der Waals surface area contributed by atoms with Gasteiger partial charge in [0.25, 0.3) is 0 Å². The quantitative estimate of drug-likeness (QED) is 0.0235. The van der Waals surface area contributed by atoms with Gasteiger partial charge < -0.3 is 38.8 Å². The molecule has 4 heterocycles. The number of carbonyl (C=O) groups is 2. The number of alkyl halides is 4. The standard InChI is InChI=1S/C19H27FN2O2.2C17H19P.C16H22BrFN2O2.3C4H9.C3H5.CH2Cl2.2CH3.2ClH.Cs.FH.Fe.Pd.Sn/c1-6-7-15-12-14(2)16(21-13-15)19(20)8-10-22(11-9-19)17(23)24-18(3,4)5;2*1-3-9-15(10-4-1)18(17-13-7-8-14-17)16-11-5-2-6-12-16;1-11-9-12(17)10-19-13(11)16(18)5-7-20(8-6-16)14(21)22-15(2,3)4;3*1-3-4-2;1-3-2;2-1-3;;;;;;;;;/h6,12-13H,1,7-11H2,2-5H3;2*1-6,9-12,17H,7-8,13-14H2;9-10H,5-8H2,1-4H3;3*1,3-4H2,2H3;3H,1-2H2;1H2;2*1H3;2*1H;;1H;;;/q;;;;;;;;;2*-1;;;+1;;2*+2;/p-1. The molecule has 0 N–H and O–H groups in total. The number of ether oxygens (including phenoxy) is 2. The fourth-order valence-electron chi connectivity index (χ4n) is 14.4. The molecule has 608 valence electrons. The summed E-state index contributed by atoms with van der Waals surface area (Å²) in [6.45, 7) is 30.8. The van der Waals surface area contributed by atoms with Crippen LogP contribution in [-0.4, -0.2) is 104 Å². The van der Waals surface area contributed by atoms with Crippen molar-refractivity contribution >= 4 is 126 Å². The summed E-state index contributed by atoms with van der Waals surface area (Å²) in [5.41, 5.74) is 1.47. The molecule has 2 aromatic heterocycles. The second-order valence-corrected chi connectivity index (χ2v) is 53.6. The van der Waals surface area contributed by atoms with Crippen molar-refractivity contribution < 1.29 is 134 Å². The Bertz CT molecular complexity index is 3180. The number of piperidine rings is 2. The zero-order chi connectivity index (χ0) is 76.6. The molecule has 0 radical (unpaired) electrons. The van der Waals surface area contributed by atoms with E-state index in [1.54, 1.807) is 62.8 Å². The van der Waals surface area contributed by atoms with Gasteiger partial charge in [0, 0.05) is 68.7 Å². The van der Waals surface area contributed by atoms with E-state index in [9.17, 15) is 9.59 Å². The average Bonchev–Trinajstić information content (AvgIpc) is 1.65. The van der Waals surface area contributed by atoms with Crippen molar-refractivity contribution in [1.29, 1.82) is 0 Å². The van der Waals surface area contributed by atoms with E-state index in [4.69, 9.17) is 51.7 Å². The molecule has 109 heavy (non-hydrogen) atoms. The number of unbranched alkanes of at least 4 members (excludes halogenated alkanes) is 3. The first-order valence-electron chi connectivity index (χ1n) is 37.8. The number of hydrogen-bond acceptors (Lipinski definition) is 6. The van der Waals surface area contributed by atoms with Gasteiger partial charge in [-0.15, -0.1) is 29.8 Å². The minimum atomic E-state index is -1.78. The van der Waals surface area contributed by atoms with Gasteiger partial charge in [-0.2, -0.15) is 0 Å². The van der Waals surface area contributed by atoms with Gasteiger partial charge in [0.1, 0.15) is 11.2 Å². The molecular formula is C87H129BrCl4CsF3FeN4O4P2PdSn+2. The van der Waals surface area contributed by atoms with Crippen molar-refractivity contribution in [1.82, 2.24) is 19.8 Å². The van der Waals surface area contributed by atoms with E-state index in [2.05, 4.69) is 187 Å². The third-order valence-corrected chi connectivity index (χ3v) is 41.9. The summed E-state index contributed by atoms with van der Waals surface area (Å²) >= 11 is 11.0. The van der Waals surface area contributed by atoms with Crippen LogP contribution in [0.3, 0.4) is 0 Å². The summed E-state index contributed by atoms with van der Waals surface area (Å²) in [6, 6.07) is 48.5. The predicted molar refractivity (Wildman–Crippen MR) is 466 cm³/mol. The van der Waals surface area contributed by atoms with Crippen LogP contribution in [-0.2, 0) is 60.2 Å². The summed E-state index contributed by atoms with van der Waals surface area (Å²) < 4.78 is 48.4. The van der Waals surface area contributed by atoms with Crippen molar-refractivity contribution in [2.45, 2.75) is 250 Å². The number of rotatable bonds is 21. The molecule has 0 spiro atoms. The SMILES string of the molecule is C=CCc1cnc(C2(F)CCN(C(=O)OC(C)(C)C)CC2)c(C)c1.C=C[CH2][Sn]([CH2]CCC)([CH2]CCC)[CH2]CCC.Cc1cc(Br)cnc1C1(F)CCN(C(=O)OC(C)(C)C)CC1.ClCCl.[CH3-].[CH3-].[Cl][Pd][Cl].[Cs+].[F-].[Fe+2].c1ccc([PH+](c2ccccc2)C2CCCC2)cc1.c1ccc([PH+](c2ccccc2)C2CCCC2)cc1. The van der Waals surface area contributed by atoms with E-state index in [1.807, 2.05) is 67.5 Å². The number of benzene rings is 4. The Hall–Kier alpha value is -0.478. The molecule has 0 bridgehead atoms. The maximum absolute atomic E-state index is 15.4. The second kappa shape index (κ2) is 60.1. The molecule has 0 atom stereocenters. The van der Waals surface area contributed by atoms with Gasteiger partial charge in [0.05, 0.1) is 65.1 Å². The molecule has 2 aliphatic carbocycles. The molecule has 2 saturated carbocycles. The summed E-state index contributed by atoms with van der Waals surface area (Å²) in [7, 11) is 8.47. The van der Waals surface area contributed by atoms with Crippen LogP contribution in [0.15, 0.2) is 176 Å². The topological polar surface area (TPSA) is 84.9 Å². The van der Waals surface area contributed by atoms with E-state index < -0.39 is 56.8 Å². The van der Waals surface area contributed by atoms with Crippen LogP contribution in [0.1, 0.15) is 206 Å². The molecule has 4 fully saturated rings. The van der Waals surface area contributed by atoms with Gasteiger partial charge in [-0.1, -0.05) is 84.9 Å². The normalized spacial score (nSPS) is 15.0. The van der Waals surface area contributed by atoms with Crippen molar-refractivity contribution in [2.24, 2.45) is 0 Å². The van der Waals surface area contributed by atoms with Crippen molar-refractivity contribution in [3.05, 3.63) is 219 Å². The third-order valence-electron chi connectivity index (χ3n) is 19.4. The molecule has 2 saturated heterocycles. The number of amides is 2. The van der Waals surface area contributed by atoms with E-state index in [-0.39, 0.29) is 165 Å². The summed E-state index contributed by atoms with van der Waals surface area (Å²) in [5.74, 6) is 0. The number of carbonyl (C=O) groups excluding carboxylic acids is 2. The van der Waals surface area contributed by atoms with Crippen LogP contribution >= 0.6 is 74.0 Å². The molecule has 4 aliphatic rings. The number of halogens is 8. The molecule has 6 aromatic rings. The number of pyridine rings is 2. The van der Waals surface area contributed by atoms with Crippen LogP contribution in [0.5, 0.6) is 0 Å². The van der Waals surface area contributed by atoms with Gasteiger partial charge in [-0.05, 0) is 200 Å². The summed E-state index contributed by atoms with van der Waals surface area (Å²) in [4.78, 5) is 35.9. The van der Waals surface area contributed by atoms with E-state index in [0.717, 1.165) is 38.9 Å². The number of nitrogens with zero attached hydrogens (tertiary/aromatic N) is 4. The van der Waals surface area contributed by atoms with Crippen molar-refractivity contribution in [2.75, 3.05) is 31.5 Å². The molecule has 2 amide bonds. The Labute approximate surface area is 769 Å². The molecule has 4 aromatic carbocycles. The first-order valence-corrected chi connectivity index (χ1v) is 54.9. The van der Waals surface area contributed by atoms with Crippen LogP contribution in [0, 0.1) is 28.7 Å². The molecule has 10 rings (SSSR count). The van der Waals surface area contributed by atoms with Gasteiger partial charge in [-0.25, -0.2) is 18.4 Å². The maximum atomic E-state index is 15.4. The number of aromatic nitrogens is 2. The largest absolute Gasteiger partial charge is 2.00 e. The Morgan fingerprint density at radius 3 is 1.14 bits per heavy atom. The van der Waals surface area contributed by atoms with E-state index in [0.29, 0.717) is 37.6 Å². The fourth-order valence-corrected chi connectivity index (χ4v) is 36.7. The first kappa shape index (κ1) is 111. The van der Waals surface area contributed by atoms with Crippen molar-refractivity contribution in [3.8, 4) is 0 Å². The van der Waals surface area contributed by atoms with Crippen LogP contribution in [0.25, 0.3) is 0 Å². The van der Waals surface area contributed by atoms with Crippen molar-refractivity contribution in [3.63, 3.8) is 0 Å². The van der Waals surface area contributed by atoms with Crippen LogP contribution in [0.2, 0.25) is 17.7 Å². The molecule has 8 nitrogen and oxygen atoms in total. The third kappa shape index (κ3) is 40.7. The number of allylic oxidation sites excluding steroid dienone is 2. The Kier molecular flexibility index (Phi) is 60.9. The van der Waals surface area contributed by atoms with Gasteiger partial charge >= 0.3 is 241 Å². The zero-order valence-corrected chi connectivity index (χ0v) is 86.4. The number of hydrogen-bond donors (Lipinski definition) is 0. The predicted octanol–water partition coefficient (Wildman–Crippen LogP) is 20.0. The average molecular weight is 2050 g/mol. The first-order chi connectivity index (χ1) is 49.7. The smallest absolute Gasteiger partial charge is 1.00 e.